The van der Waals surface area contributed by atoms with Crippen molar-refractivity contribution in [1.82, 2.24) is 5.32 Å². The largest absolute Gasteiger partial charge is 0.314 e. The summed E-state index contributed by atoms with van der Waals surface area (Å²) in [5, 5.41) is 3.50. The fourth-order valence-electron chi connectivity index (χ4n) is 1.94. The Morgan fingerprint density at radius 2 is 2.21 bits per heavy atom. The molecule has 0 aromatic heterocycles. The van der Waals surface area contributed by atoms with Crippen LogP contribution in [0.4, 0.5) is 0 Å². The van der Waals surface area contributed by atoms with E-state index in [1.54, 1.807) is 6.26 Å². The third-order valence-electron chi connectivity index (χ3n) is 3.01. The van der Waals surface area contributed by atoms with Crippen molar-refractivity contribution in [3.05, 3.63) is 0 Å². The molecule has 0 saturated heterocycles. The van der Waals surface area contributed by atoms with Gasteiger partial charge in [-0.25, -0.2) is 0 Å². The van der Waals surface area contributed by atoms with E-state index in [0.717, 1.165) is 24.6 Å². The molecule has 2 nitrogen and oxygen atoms in total. The molecule has 84 valence electrons. The fourth-order valence-corrected chi connectivity index (χ4v) is 2.49. The summed E-state index contributed by atoms with van der Waals surface area (Å²) in [6, 6.07) is 0.644. The molecule has 1 aliphatic rings. The summed E-state index contributed by atoms with van der Waals surface area (Å²) in [6.45, 7) is 3.29. The lowest BCUT2D eigenvalue weighted by Crippen LogP contribution is -2.31. The van der Waals surface area contributed by atoms with Gasteiger partial charge < -0.3 is 5.32 Å². The fraction of sp³-hybridized carbons (Fsp3) is 1.00. The molecule has 0 heterocycles. The smallest absolute Gasteiger partial charge is 0.0244 e. The molecule has 0 spiro atoms. The summed E-state index contributed by atoms with van der Waals surface area (Å²) in [5.41, 5.74) is 0. The van der Waals surface area contributed by atoms with E-state index in [1.165, 1.54) is 25.7 Å². The van der Waals surface area contributed by atoms with Crippen LogP contribution in [0.25, 0.3) is 0 Å². The van der Waals surface area contributed by atoms with E-state index in [4.69, 9.17) is 0 Å². The van der Waals surface area contributed by atoms with Crippen LogP contribution in [-0.4, -0.2) is 28.8 Å². The first-order valence-electron chi connectivity index (χ1n) is 5.72. The van der Waals surface area contributed by atoms with Crippen molar-refractivity contribution < 1.29 is 4.21 Å². The van der Waals surface area contributed by atoms with Crippen molar-refractivity contribution in [2.75, 3.05) is 18.6 Å². The van der Waals surface area contributed by atoms with Crippen molar-refractivity contribution in [3.63, 3.8) is 0 Å². The normalized spacial score (nSPS) is 21.6. The monoisotopic (exact) mass is 217 g/mol. The molecule has 3 heteroatoms. The van der Waals surface area contributed by atoms with Crippen LogP contribution in [0.3, 0.4) is 0 Å². The zero-order valence-corrected chi connectivity index (χ0v) is 10.2. The lowest BCUT2D eigenvalue weighted by molar-refractivity contribution is 0.266. The molecule has 0 radical (unpaired) electrons. The van der Waals surface area contributed by atoms with Crippen LogP contribution >= 0.6 is 0 Å². The van der Waals surface area contributed by atoms with Crippen molar-refractivity contribution in [1.29, 1.82) is 0 Å². The molecule has 0 amide bonds. The van der Waals surface area contributed by atoms with E-state index in [0.29, 0.717) is 6.04 Å². The third kappa shape index (κ3) is 5.11. The maximum atomic E-state index is 10.8. The highest BCUT2D eigenvalue weighted by Crippen LogP contribution is 2.30. The van der Waals surface area contributed by atoms with Crippen LogP contribution < -0.4 is 5.32 Å². The number of hydrogen-bond acceptors (Lipinski definition) is 2. The van der Waals surface area contributed by atoms with Crippen molar-refractivity contribution >= 4 is 10.8 Å². The van der Waals surface area contributed by atoms with Gasteiger partial charge in [-0.15, -0.1) is 0 Å². The standard InChI is InChI=1S/C11H23NOS/c1-10(9-11-5-3-6-11)12-7-4-8-14(2)13/h10-12H,3-9H2,1-2H3. The topological polar surface area (TPSA) is 29.1 Å². The van der Waals surface area contributed by atoms with Gasteiger partial charge in [-0.3, -0.25) is 4.21 Å². The first-order chi connectivity index (χ1) is 6.68. The maximum absolute atomic E-state index is 10.8. The summed E-state index contributed by atoms with van der Waals surface area (Å²) in [7, 11) is -0.621. The second kappa shape index (κ2) is 6.57. The minimum absolute atomic E-state index is 0.621. The molecule has 1 aliphatic carbocycles. The van der Waals surface area contributed by atoms with E-state index in [-0.39, 0.29) is 0 Å². The Morgan fingerprint density at radius 3 is 2.71 bits per heavy atom. The minimum Gasteiger partial charge on any atom is -0.314 e. The van der Waals surface area contributed by atoms with Gasteiger partial charge in [0.2, 0.25) is 0 Å². The van der Waals surface area contributed by atoms with E-state index in [1.807, 2.05) is 0 Å². The molecule has 1 rings (SSSR count). The molecule has 1 N–H and O–H groups in total. The van der Waals surface area contributed by atoms with E-state index in [9.17, 15) is 4.21 Å². The molecule has 0 aliphatic heterocycles. The van der Waals surface area contributed by atoms with Crippen LogP contribution in [0.15, 0.2) is 0 Å². The zero-order valence-electron chi connectivity index (χ0n) is 9.42. The predicted molar refractivity (Wildman–Crippen MR) is 63.0 cm³/mol. The van der Waals surface area contributed by atoms with E-state index < -0.39 is 10.8 Å². The van der Waals surface area contributed by atoms with Gasteiger partial charge in [0.15, 0.2) is 0 Å². The molecule has 1 saturated carbocycles. The van der Waals surface area contributed by atoms with Crippen LogP contribution in [0.1, 0.15) is 39.0 Å². The van der Waals surface area contributed by atoms with Crippen molar-refractivity contribution in [3.8, 4) is 0 Å². The molecule has 14 heavy (non-hydrogen) atoms. The van der Waals surface area contributed by atoms with E-state index >= 15 is 0 Å². The molecule has 2 unspecified atom stereocenters. The zero-order chi connectivity index (χ0) is 10.4. The average molecular weight is 217 g/mol. The highest BCUT2D eigenvalue weighted by Gasteiger charge is 2.19. The first kappa shape index (κ1) is 12.2. The Bertz CT molecular complexity index is 180. The molecule has 0 bridgehead atoms. The summed E-state index contributed by atoms with van der Waals surface area (Å²) in [4.78, 5) is 0. The van der Waals surface area contributed by atoms with Gasteiger partial charge in [0.1, 0.15) is 0 Å². The highest BCUT2D eigenvalue weighted by atomic mass is 32.2. The SMILES string of the molecule is CC(CC1CCC1)NCCCS(C)=O. The predicted octanol–water partition coefficient (Wildman–Crippen LogP) is 1.92. The summed E-state index contributed by atoms with van der Waals surface area (Å²) >= 11 is 0. The van der Waals surface area contributed by atoms with Gasteiger partial charge in [0, 0.05) is 28.9 Å². The second-order valence-electron chi connectivity index (χ2n) is 4.52. The Hall–Kier alpha value is 0.110. The van der Waals surface area contributed by atoms with E-state index in [2.05, 4.69) is 12.2 Å². The first-order valence-corrected chi connectivity index (χ1v) is 7.44. The third-order valence-corrected chi connectivity index (χ3v) is 3.88. The summed E-state index contributed by atoms with van der Waals surface area (Å²) < 4.78 is 10.8. The summed E-state index contributed by atoms with van der Waals surface area (Å²) in [5.74, 6) is 1.82. The molecular formula is C11H23NOS. The minimum atomic E-state index is -0.621. The lowest BCUT2D eigenvalue weighted by atomic mass is 9.81. The number of rotatable bonds is 7. The number of hydrogen-bond donors (Lipinski definition) is 1. The van der Waals surface area contributed by atoms with Crippen LogP contribution in [0.5, 0.6) is 0 Å². The Labute approximate surface area is 90.3 Å². The Kier molecular flexibility index (Phi) is 5.71. The molecule has 0 aromatic carbocycles. The quantitative estimate of drug-likeness (QED) is 0.660. The van der Waals surface area contributed by atoms with Crippen molar-refractivity contribution in [2.24, 2.45) is 5.92 Å². The van der Waals surface area contributed by atoms with Gasteiger partial charge in [-0.1, -0.05) is 19.3 Å². The van der Waals surface area contributed by atoms with Crippen LogP contribution in [0, 0.1) is 5.92 Å². The molecule has 0 aromatic rings. The molecular weight excluding hydrogens is 194 g/mol. The van der Waals surface area contributed by atoms with Crippen LogP contribution in [-0.2, 0) is 10.8 Å². The maximum Gasteiger partial charge on any atom is 0.0244 e. The van der Waals surface area contributed by atoms with Gasteiger partial charge >= 0.3 is 0 Å². The van der Waals surface area contributed by atoms with Crippen LogP contribution in [0.2, 0.25) is 0 Å². The van der Waals surface area contributed by atoms with Gasteiger partial charge in [0.05, 0.1) is 0 Å². The van der Waals surface area contributed by atoms with Gasteiger partial charge in [-0.2, -0.15) is 0 Å². The summed E-state index contributed by atoms with van der Waals surface area (Å²) in [6.07, 6.45) is 8.45. The molecule has 2 atom stereocenters. The van der Waals surface area contributed by atoms with Crippen molar-refractivity contribution in [2.45, 2.75) is 45.1 Å². The highest BCUT2D eigenvalue weighted by molar-refractivity contribution is 7.84. The van der Waals surface area contributed by atoms with Gasteiger partial charge in [0.25, 0.3) is 0 Å². The molecule has 1 fully saturated rings. The Balaban J connectivity index is 1.91. The lowest BCUT2D eigenvalue weighted by Gasteiger charge is -2.28. The number of nitrogens with one attached hydrogen (secondary N) is 1. The second-order valence-corrected chi connectivity index (χ2v) is 6.07. The van der Waals surface area contributed by atoms with Gasteiger partial charge in [-0.05, 0) is 32.2 Å². The Morgan fingerprint density at radius 1 is 1.50 bits per heavy atom. The average Bonchev–Trinajstić information content (AvgIpc) is 2.05.